The van der Waals surface area contributed by atoms with E-state index in [4.69, 9.17) is 51.1 Å². The number of rotatable bonds is 10. The number of hydrogen-bond acceptors (Lipinski definition) is 4. The van der Waals surface area contributed by atoms with Gasteiger partial charge in [-0.05, 0) is 66.6 Å². The number of nitrogens with one attached hydrogen (secondary N) is 2. The second-order valence-corrected chi connectivity index (χ2v) is 9.08. The Kier molecular flexibility index (Phi) is 10.2. The minimum atomic E-state index is -0.289. The summed E-state index contributed by atoms with van der Waals surface area (Å²) in [5.41, 5.74) is 4.61. The molecule has 0 spiro atoms. The Balaban J connectivity index is 1.35. The molecule has 0 bridgehead atoms. The summed E-state index contributed by atoms with van der Waals surface area (Å²) in [6.45, 7) is 0.310. The Hall–Kier alpha value is -2.77. The molecule has 0 radical (unpaired) electrons. The van der Waals surface area contributed by atoms with E-state index >= 15 is 0 Å². The smallest absolute Gasteiger partial charge is 0.240 e. The fraction of sp³-hybridized carbons (Fsp3) is 0.160. The van der Waals surface area contributed by atoms with E-state index in [1.807, 2.05) is 18.2 Å². The van der Waals surface area contributed by atoms with Crippen molar-refractivity contribution < 1.29 is 14.3 Å². The lowest BCUT2D eigenvalue weighted by molar-refractivity contribution is -0.121. The Labute approximate surface area is 223 Å². The predicted octanol–water partition coefficient (Wildman–Crippen LogP) is 7.14. The third kappa shape index (κ3) is 9.07. The zero-order chi connectivity index (χ0) is 25.2. The van der Waals surface area contributed by atoms with Crippen LogP contribution in [-0.4, -0.2) is 18.0 Å². The monoisotopic (exact) mass is 551 g/mol. The molecule has 0 aromatic heterocycles. The van der Waals surface area contributed by atoms with Crippen LogP contribution in [0.3, 0.4) is 0 Å². The van der Waals surface area contributed by atoms with Crippen molar-refractivity contribution in [1.82, 2.24) is 5.43 Å². The van der Waals surface area contributed by atoms with Gasteiger partial charge >= 0.3 is 0 Å². The highest BCUT2D eigenvalue weighted by molar-refractivity contribution is 6.42. The number of anilines is 1. The van der Waals surface area contributed by atoms with E-state index in [1.54, 1.807) is 42.5 Å². The van der Waals surface area contributed by atoms with Gasteiger partial charge in [-0.3, -0.25) is 9.59 Å². The summed E-state index contributed by atoms with van der Waals surface area (Å²) in [5, 5.41) is 8.53. The van der Waals surface area contributed by atoms with Gasteiger partial charge in [0.2, 0.25) is 11.8 Å². The maximum absolute atomic E-state index is 12.0. The van der Waals surface area contributed by atoms with Crippen molar-refractivity contribution in [1.29, 1.82) is 0 Å². The van der Waals surface area contributed by atoms with Gasteiger partial charge in [-0.1, -0.05) is 52.5 Å². The predicted molar refractivity (Wildman–Crippen MR) is 142 cm³/mol. The molecule has 182 valence electrons. The number of benzene rings is 3. The summed E-state index contributed by atoms with van der Waals surface area (Å²) in [6.07, 6.45) is 2.24. The normalized spacial score (nSPS) is 10.9. The van der Waals surface area contributed by atoms with Crippen molar-refractivity contribution in [2.45, 2.75) is 25.9 Å². The summed E-state index contributed by atoms with van der Waals surface area (Å²) in [6, 6.07) is 17.3. The van der Waals surface area contributed by atoms with Crippen molar-refractivity contribution in [2.75, 3.05) is 5.32 Å². The van der Waals surface area contributed by atoms with Crippen molar-refractivity contribution in [2.24, 2.45) is 5.10 Å². The van der Waals surface area contributed by atoms with Gasteiger partial charge in [0, 0.05) is 34.1 Å². The topological polar surface area (TPSA) is 79.8 Å². The van der Waals surface area contributed by atoms with E-state index in [0.717, 1.165) is 11.1 Å². The number of amides is 2. The lowest BCUT2D eigenvalue weighted by atomic mass is 10.2. The molecular formula is C25H21Cl4N3O3. The molecule has 0 saturated carbocycles. The van der Waals surface area contributed by atoms with Gasteiger partial charge in [0.05, 0.1) is 16.3 Å². The molecule has 3 aromatic rings. The van der Waals surface area contributed by atoms with E-state index in [0.29, 0.717) is 44.6 Å². The minimum absolute atomic E-state index is 0.159. The number of hydrogen-bond donors (Lipinski definition) is 2. The molecule has 6 nitrogen and oxygen atoms in total. The van der Waals surface area contributed by atoms with Crippen LogP contribution in [0.4, 0.5) is 5.69 Å². The maximum atomic E-state index is 12.0. The third-order valence-electron chi connectivity index (χ3n) is 4.70. The fourth-order valence-electron chi connectivity index (χ4n) is 2.89. The largest absolute Gasteiger partial charge is 0.489 e. The summed E-state index contributed by atoms with van der Waals surface area (Å²) >= 11 is 23.8. The molecule has 0 heterocycles. The highest BCUT2D eigenvalue weighted by Gasteiger charge is 2.07. The van der Waals surface area contributed by atoms with Crippen molar-refractivity contribution in [3.63, 3.8) is 0 Å². The van der Waals surface area contributed by atoms with Crippen LogP contribution >= 0.6 is 46.4 Å². The molecule has 0 aliphatic heterocycles. The molecule has 3 rings (SSSR count). The Morgan fingerprint density at radius 3 is 2.29 bits per heavy atom. The third-order valence-corrected chi connectivity index (χ3v) is 6.03. The average Bonchev–Trinajstić information content (AvgIpc) is 2.82. The molecule has 0 fully saturated rings. The minimum Gasteiger partial charge on any atom is -0.489 e. The number of ether oxygens (including phenoxy) is 1. The number of carbonyl (C=O) groups is 2. The van der Waals surface area contributed by atoms with Gasteiger partial charge in [0.1, 0.15) is 12.4 Å². The Bertz CT molecular complexity index is 1220. The number of halogens is 4. The lowest BCUT2D eigenvalue weighted by Crippen LogP contribution is -2.18. The van der Waals surface area contributed by atoms with Crippen LogP contribution in [0.1, 0.15) is 30.4 Å². The first-order valence-corrected chi connectivity index (χ1v) is 12.0. The molecular weight excluding hydrogens is 532 g/mol. The van der Waals surface area contributed by atoms with Crippen molar-refractivity contribution >= 4 is 70.1 Å². The molecule has 0 aliphatic rings. The van der Waals surface area contributed by atoms with Gasteiger partial charge in [0.15, 0.2) is 0 Å². The SMILES string of the molecule is O=C(CCCC(=O)Nc1ccc(Cl)c(Cl)c1)N/N=C\c1ccc(OCc2ccc(Cl)cc2Cl)cc1. The highest BCUT2D eigenvalue weighted by Crippen LogP contribution is 2.25. The molecule has 0 unspecified atom stereocenters. The van der Waals surface area contributed by atoms with E-state index in [1.165, 1.54) is 6.21 Å². The van der Waals surface area contributed by atoms with E-state index in [9.17, 15) is 9.59 Å². The van der Waals surface area contributed by atoms with Crippen LogP contribution < -0.4 is 15.5 Å². The second kappa shape index (κ2) is 13.4. The van der Waals surface area contributed by atoms with Crippen LogP contribution in [0.5, 0.6) is 5.75 Å². The summed E-state index contributed by atoms with van der Waals surface area (Å²) in [5.74, 6) is 0.153. The van der Waals surface area contributed by atoms with Gasteiger partial charge in [-0.2, -0.15) is 5.10 Å². The molecule has 0 aliphatic carbocycles. The molecule has 2 N–H and O–H groups in total. The van der Waals surface area contributed by atoms with Crippen LogP contribution in [0, 0.1) is 0 Å². The molecule has 3 aromatic carbocycles. The Morgan fingerprint density at radius 2 is 1.57 bits per heavy atom. The quantitative estimate of drug-likeness (QED) is 0.207. The first-order chi connectivity index (χ1) is 16.8. The highest BCUT2D eigenvalue weighted by atomic mass is 35.5. The van der Waals surface area contributed by atoms with Gasteiger partial charge in [0.25, 0.3) is 0 Å². The van der Waals surface area contributed by atoms with E-state index < -0.39 is 0 Å². The summed E-state index contributed by atoms with van der Waals surface area (Å²) < 4.78 is 5.74. The van der Waals surface area contributed by atoms with E-state index in [2.05, 4.69) is 15.8 Å². The van der Waals surface area contributed by atoms with Crippen LogP contribution in [-0.2, 0) is 16.2 Å². The summed E-state index contributed by atoms with van der Waals surface area (Å²) in [7, 11) is 0. The standard InChI is InChI=1S/C25H21Cl4N3O3/c26-18-7-6-17(22(28)12-18)15-35-20-9-4-16(5-10-20)14-30-32-25(34)3-1-2-24(33)31-19-8-11-21(27)23(29)13-19/h4-14H,1-3,15H2,(H,31,33)(H,32,34)/b30-14-. The number of hydrazone groups is 1. The van der Waals surface area contributed by atoms with Crippen molar-refractivity contribution in [3.8, 4) is 5.75 Å². The maximum Gasteiger partial charge on any atom is 0.240 e. The summed E-state index contributed by atoms with van der Waals surface area (Å²) in [4.78, 5) is 24.0. The first kappa shape index (κ1) is 26.8. The van der Waals surface area contributed by atoms with Crippen LogP contribution in [0.25, 0.3) is 0 Å². The average molecular weight is 553 g/mol. The molecule has 10 heteroatoms. The number of nitrogens with zero attached hydrogens (tertiary/aromatic N) is 1. The second-order valence-electron chi connectivity index (χ2n) is 7.42. The lowest BCUT2D eigenvalue weighted by Gasteiger charge is -2.08. The zero-order valence-corrected chi connectivity index (χ0v) is 21.4. The molecule has 0 atom stereocenters. The first-order valence-electron chi connectivity index (χ1n) is 10.5. The van der Waals surface area contributed by atoms with Crippen molar-refractivity contribution in [3.05, 3.63) is 91.9 Å². The van der Waals surface area contributed by atoms with Crippen LogP contribution in [0.15, 0.2) is 65.8 Å². The van der Waals surface area contributed by atoms with Gasteiger partial charge < -0.3 is 10.1 Å². The molecule has 2 amide bonds. The fourth-order valence-corrected chi connectivity index (χ4v) is 3.65. The number of carbonyl (C=O) groups excluding carboxylic acids is 2. The Morgan fingerprint density at radius 1 is 0.829 bits per heavy atom. The van der Waals surface area contributed by atoms with Gasteiger partial charge in [-0.15, -0.1) is 0 Å². The van der Waals surface area contributed by atoms with Crippen LogP contribution in [0.2, 0.25) is 20.1 Å². The van der Waals surface area contributed by atoms with E-state index in [-0.39, 0.29) is 24.7 Å². The zero-order valence-electron chi connectivity index (χ0n) is 18.4. The van der Waals surface area contributed by atoms with Gasteiger partial charge in [-0.25, -0.2) is 5.43 Å². The molecule has 35 heavy (non-hydrogen) atoms. The molecule has 0 saturated heterocycles.